The molecule has 0 saturated heterocycles. The van der Waals surface area contributed by atoms with E-state index in [9.17, 15) is 4.79 Å². The first kappa shape index (κ1) is 15.4. The Bertz CT molecular complexity index is 1090. The molecule has 2 aromatic carbocycles. The third kappa shape index (κ3) is 2.63. The summed E-state index contributed by atoms with van der Waals surface area (Å²) in [6.07, 6.45) is 0. The Kier molecular flexibility index (Phi) is 3.88. The van der Waals surface area contributed by atoms with Crippen LogP contribution in [0.25, 0.3) is 21.0 Å². The second-order valence-electron chi connectivity index (χ2n) is 5.21. The molecular formula is C18H10Cl2N2OS. The number of para-hydroxylation sites is 2. The number of aromatic nitrogens is 1. The van der Waals surface area contributed by atoms with Gasteiger partial charge in [-0.05, 0) is 24.3 Å². The van der Waals surface area contributed by atoms with Crippen LogP contribution in [0.1, 0.15) is 9.67 Å². The summed E-state index contributed by atoms with van der Waals surface area (Å²) in [4.78, 5) is 17.5. The normalized spacial score (nSPS) is 11.1. The van der Waals surface area contributed by atoms with Crippen molar-refractivity contribution in [1.82, 2.24) is 4.98 Å². The molecule has 118 valence electrons. The van der Waals surface area contributed by atoms with Crippen LogP contribution in [0.2, 0.25) is 10.2 Å². The minimum absolute atomic E-state index is 0.218. The number of anilines is 1. The fourth-order valence-corrected chi connectivity index (χ4v) is 4.10. The lowest BCUT2D eigenvalue weighted by atomic mass is 10.2. The Morgan fingerprint density at radius 3 is 2.58 bits per heavy atom. The second kappa shape index (κ2) is 6.06. The second-order valence-corrected chi connectivity index (χ2v) is 7.02. The van der Waals surface area contributed by atoms with Crippen molar-refractivity contribution in [3.05, 3.63) is 69.7 Å². The Balaban J connectivity index is 1.80. The van der Waals surface area contributed by atoms with Crippen molar-refractivity contribution in [3.63, 3.8) is 0 Å². The SMILES string of the molecule is O=C(Nc1ccccc1Cl)c1cc2c(Cl)nc3ccccc3c2s1. The van der Waals surface area contributed by atoms with E-state index in [1.807, 2.05) is 36.4 Å². The fourth-order valence-electron chi connectivity index (χ4n) is 2.53. The Hall–Kier alpha value is -2.14. The summed E-state index contributed by atoms with van der Waals surface area (Å²) < 4.78 is 0.954. The highest BCUT2D eigenvalue weighted by molar-refractivity contribution is 7.22. The number of carbonyl (C=O) groups excluding carboxylic acids is 1. The fraction of sp³-hybridized carbons (Fsp3) is 0. The highest BCUT2D eigenvalue weighted by Crippen LogP contribution is 2.36. The first-order valence-corrected chi connectivity index (χ1v) is 8.74. The van der Waals surface area contributed by atoms with E-state index < -0.39 is 0 Å². The number of pyridine rings is 1. The van der Waals surface area contributed by atoms with Crippen molar-refractivity contribution in [2.75, 3.05) is 5.32 Å². The zero-order chi connectivity index (χ0) is 16.7. The van der Waals surface area contributed by atoms with E-state index in [-0.39, 0.29) is 5.91 Å². The number of rotatable bonds is 2. The van der Waals surface area contributed by atoms with Gasteiger partial charge in [-0.2, -0.15) is 0 Å². The van der Waals surface area contributed by atoms with Gasteiger partial charge in [-0.25, -0.2) is 4.98 Å². The van der Waals surface area contributed by atoms with Crippen molar-refractivity contribution < 1.29 is 4.79 Å². The number of thiophene rings is 1. The molecule has 6 heteroatoms. The summed E-state index contributed by atoms with van der Waals surface area (Å²) in [5.74, 6) is -0.218. The maximum absolute atomic E-state index is 12.6. The van der Waals surface area contributed by atoms with Gasteiger partial charge in [0.15, 0.2) is 0 Å². The summed E-state index contributed by atoms with van der Waals surface area (Å²) in [6.45, 7) is 0. The van der Waals surface area contributed by atoms with Crippen LogP contribution in [0, 0.1) is 0 Å². The third-order valence-corrected chi connectivity index (χ3v) is 5.45. The molecule has 4 rings (SSSR count). The van der Waals surface area contributed by atoms with Gasteiger partial charge in [-0.3, -0.25) is 4.79 Å². The van der Waals surface area contributed by atoms with Crippen molar-refractivity contribution in [3.8, 4) is 0 Å². The smallest absolute Gasteiger partial charge is 0.265 e. The van der Waals surface area contributed by atoms with Crippen LogP contribution in [-0.4, -0.2) is 10.9 Å². The molecule has 0 fully saturated rings. The Labute approximate surface area is 151 Å². The highest BCUT2D eigenvalue weighted by atomic mass is 35.5. The molecule has 0 spiro atoms. The first-order chi connectivity index (χ1) is 11.6. The van der Waals surface area contributed by atoms with Crippen LogP contribution in [-0.2, 0) is 0 Å². The van der Waals surface area contributed by atoms with E-state index in [2.05, 4.69) is 10.3 Å². The van der Waals surface area contributed by atoms with Crippen molar-refractivity contribution in [1.29, 1.82) is 0 Å². The van der Waals surface area contributed by atoms with Crippen LogP contribution in [0.5, 0.6) is 0 Å². The minimum atomic E-state index is -0.218. The number of halogens is 2. The lowest BCUT2D eigenvalue weighted by Crippen LogP contribution is -2.10. The summed E-state index contributed by atoms with van der Waals surface area (Å²) in [7, 11) is 0. The number of hydrogen-bond acceptors (Lipinski definition) is 3. The molecule has 0 unspecified atom stereocenters. The maximum Gasteiger partial charge on any atom is 0.265 e. The maximum atomic E-state index is 12.6. The summed E-state index contributed by atoms with van der Waals surface area (Å²) in [5.41, 5.74) is 1.39. The topological polar surface area (TPSA) is 42.0 Å². The van der Waals surface area contributed by atoms with Crippen LogP contribution in [0.4, 0.5) is 5.69 Å². The lowest BCUT2D eigenvalue weighted by molar-refractivity contribution is 0.103. The van der Waals surface area contributed by atoms with Gasteiger partial charge in [0.25, 0.3) is 5.91 Å². The molecule has 1 N–H and O–H groups in total. The summed E-state index contributed by atoms with van der Waals surface area (Å²) in [6, 6.07) is 16.6. The van der Waals surface area contributed by atoms with Crippen LogP contribution in [0.15, 0.2) is 54.6 Å². The quantitative estimate of drug-likeness (QED) is 0.437. The average Bonchev–Trinajstić information content (AvgIpc) is 3.03. The van der Waals surface area contributed by atoms with Gasteiger partial charge in [0.05, 0.1) is 21.1 Å². The standard InChI is InChI=1S/C18H10Cl2N2OS/c19-12-6-2-4-8-14(12)22-18(23)15-9-11-16(24-15)10-5-1-3-7-13(10)21-17(11)20/h1-9H,(H,22,23). The van der Waals surface area contributed by atoms with Crippen molar-refractivity contribution in [2.24, 2.45) is 0 Å². The van der Waals surface area contributed by atoms with Crippen LogP contribution in [0.3, 0.4) is 0 Å². The molecule has 0 saturated carbocycles. The van der Waals surface area contributed by atoms with E-state index in [1.165, 1.54) is 11.3 Å². The predicted molar refractivity (Wildman–Crippen MR) is 102 cm³/mol. The number of carbonyl (C=O) groups is 1. The molecule has 0 atom stereocenters. The molecule has 24 heavy (non-hydrogen) atoms. The van der Waals surface area contributed by atoms with Gasteiger partial charge in [-0.1, -0.05) is 53.5 Å². The minimum Gasteiger partial charge on any atom is -0.320 e. The Morgan fingerprint density at radius 2 is 1.75 bits per heavy atom. The van der Waals surface area contributed by atoms with E-state index in [4.69, 9.17) is 23.2 Å². The number of nitrogens with one attached hydrogen (secondary N) is 1. The van der Waals surface area contributed by atoms with E-state index in [1.54, 1.807) is 18.2 Å². The van der Waals surface area contributed by atoms with Crippen molar-refractivity contribution in [2.45, 2.75) is 0 Å². The van der Waals surface area contributed by atoms with Gasteiger partial charge in [-0.15, -0.1) is 11.3 Å². The number of nitrogens with zero attached hydrogens (tertiary/aromatic N) is 1. The number of amides is 1. The molecule has 0 aliphatic rings. The first-order valence-electron chi connectivity index (χ1n) is 7.17. The van der Waals surface area contributed by atoms with Gasteiger partial charge >= 0.3 is 0 Å². The number of benzene rings is 2. The van der Waals surface area contributed by atoms with Gasteiger partial charge in [0, 0.05) is 15.5 Å². The molecule has 0 aliphatic carbocycles. The molecule has 0 bridgehead atoms. The molecule has 4 aromatic rings. The average molecular weight is 373 g/mol. The van der Waals surface area contributed by atoms with E-state index in [0.717, 1.165) is 21.0 Å². The number of hydrogen-bond donors (Lipinski definition) is 1. The van der Waals surface area contributed by atoms with Crippen molar-refractivity contribution >= 4 is 67.1 Å². The largest absolute Gasteiger partial charge is 0.320 e. The van der Waals surface area contributed by atoms with E-state index >= 15 is 0 Å². The molecule has 0 aliphatic heterocycles. The van der Waals surface area contributed by atoms with Crippen LogP contribution < -0.4 is 5.32 Å². The lowest BCUT2D eigenvalue weighted by Gasteiger charge is -2.04. The van der Waals surface area contributed by atoms with Gasteiger partial charge < -0.3 is 5.32 Å². The van der Waals surface area contributed by atoms with E-state index in [0.29, 0.717) is 20.7 Å². The molecule has 2 heterocycles. The molecule has 3 nitrogen and oxygen atoms in total. The molecule has 2 aromatic heterocycles. The summed E-state index contributed by atoms with van der Waals surface area (Å²) >= 11 is 13.8. The molecule has 0 radical (unpaired) electrons. The Morgan fingerprint density at radius 1 is 1.00 bits per heavy atom. The molecular weight excluding hydrogens is 363 g/mol. The van der Waals surface area contributed by atoms with Gasteiger partial charge in [0.2, 0.25) is 0 Å². The monoisotopic (exact) mass is 372 g/mol. The highest BCUT2D eigenvalue weighted by Gasteiger charge is 2.16. The zero-order valence-corrected chi connectivity index (χ0v) is 14.5. The molecule has 1 amide bonds. The zero-order valence-electron chi connectivity index (χ0n) is 12.2. The third-order valence-electron chi connectivity index (χ3n) is 3.67. The summed E-state index contributed by atoms with van der Waals surface area (Å²) in [5, 5.41) is 5.50. The van der Waals surface area contributed by atoms with Gasteiger partial charge in [0.1, 0.15) is 5.15 Å². The number of fused-ring (bicyclic) bond motifs is 3. The predicted octanol–water partition coefficient (Wildman–Crippen LogP) is 6.01. The van der Waals surface area contributed by atoms with Crippen LogP contribution >= 0.6 is 34.5 Å².